The van der Waals surface area contributed by atoms with E-state index in [0.29, 0.717) is 17.7 Å². The van der Waals surface area contributed by atoms with Gasteiger partial charge in [-0.05, 0) is 42.3 Å². The first-order chi connectivity index (χ1) is 13.5. The van der Waals surface area contributed by atoms with Gasteiger partial charge in [0.05, 0.1) is 7.11 Å². The monoisotopic (exact) mass is 416 g/mol. The SMILES string of the molecule is COc1ccc(CN(C)C(=O)c2ccc(CSc3nc(C)cs3)cc2)cc1F. The van der Waals surface area contributed by atoms with E-state index in [1.54, 1.807) is 47.2 Å². The maximum Gasteiger partial charge on any atom is 0.253 e. The summed E-state index contributed by atoms with van der Waals surface area (Å²) in [5, 5.41) is 2.04. The number of carbonyl (C=O) groups is 1. The maximum absolute atomic E-state index is 13.8. The van der Waals surface area contributed by atoms with Gasteiger partial charge in [-0.2, -0.15) is 0 Å². The summed E-state index contributed by atoms with van der Waals surface area (Å²) in [6.07, 6.45) is 0. The number of amides is 1. The Morgan fingerprint density at radius 3 is 2.54 bits per heavy atom. The number of rotatable bonds is 7. The van der Waals surface area contributed by atoms with Gasteiger partial charge >= 0.3 is 0 Å². The highest BCUT2D eigenvalue weighted by Crippen LogP contribution is 2.26. The molecule has 0 saturated heterocycles. The van der Waals surface area contributed by atoms with Crippen LogP contribution in [-0.2, 0) is 12.3 Å². The van der Waals surface area contributed by atoms with Crippen LogP contribution in [0.5, 0.6) is 5.75 Å². The molecule has 7 heteroatoms. The number of thioether (sulfide) groups is 1. The van der Waals surface area contributed by atoms with Crippen LogP contribution in [-0.4, -0.2) is 29.9 Å². The molecule has 1 amide bonds. The largest absolute Gasteiger partial charge is 0.494 e. The normalized spacial score (nSPS) is 10.7. The lowest BCUT2D eigenvalue weighted by atomic mass is 10.1. The second-order valence-electron chi connectivity index (χ2n) is 6.37. The zero-order valence-electron chi connectivity index (χ0n) is 15.9. The number of methoxy groups -OCH3 is 1. The minimum atomic E-state index is -0.432. The molecule has 0 radical (unpaired) electrons. The number of aryl methyl sites for hydroxylation is 1. The van der Waals surface area contributed by atoms with Crippen molar-refractivity contribution in [3.05, 3.63) is 76.0 Å². The summed E-state index contributed by atoms with van der Waals surface area (Å²) in [6.45, 7) is 2.30. The average molecular weight is 417 g/mol. The van der Waals surface area contributed by atoms with Crippen molar-refractivity contribution < 1.29 is 13.9 Å². The van der Waals surface area contributed by atoms with E-state index in [1.165, 1.54) is 13.2 Å². The van der Waals surface area contributed by atoms with Gasteiger partial charge in [-0.25, -0.2) is 9.37 Å². The van der Waals surface area contributed by atoms with E-state index >= 15 is 0 Å². The summed E-state index contributed by atoms with van der Waals surface area (Å²) < 4.78 is 19.8. The van der Waals surface area contributed by atoms with Crippen LogP contribution in [0.1, 0.15) is 27.2 Å². The molecule has 0 aliphatic heterocycles. The van der Waals surface area contributed by atoms with E-state index in [-0.39, 0.29) is 11.7 Å². The number of nitrogens with zero attached hydrogens (tertiary/aromatic N) is 2. The summed E-state index contributed by atoms with van der Waals surface area (Å²) in [6, 6.07) is 12.3. The third kappa shape index (κ3) is 5.11. The van der Waals surface area contributed by atoms with E-state index in [2.05, 4.69) is 4.98 Å². The van der Waals surface area contributed by atoms with E-state index in [9.17, 15) is 9.18 Å². The lowest BCUT2D eigenvalue weighted by Crippen LogP contribution is -2.26. The second kappa shape index (κ2) is 9.21. The van der Waals surface area contributed by atoms with Gasteiger partial charge in [0, 0.05) is 36.0 Å². The number of thiazole rings is 1. The van der Waals surface area contributed by atoms with Gasteiger partial charge in [-0.15, -0.1) is 11.3 Å². The van der Waals surface area contributed by atoms with Crippen molar-refractivity contribution in [1.82, 2.24) is 9.88 Å². The number of ether oxygens (including phenoxy) is 1. The summed E-state index contributed by atoms with van der Waals surface area (Å²) in [5.74, 6) is 0.464. The molecule has 3 rings (SSSR count). The Bertz CT molecular complexity index is 957. The van der Waals surface area contributed by atoms with Crippen molar-refractivity contribution in [2.24, 2.45) is 0 Å². The molecule has 0 aliphatic rings. The Labute approximate surface area is 172 Å². The van der Waals surface area contributed by atoms with Crippen molar-refractivity contribution in [2.75, 3.05) is 14.2 Å². The molecule has 1 heterocycles. The van der Waals surface area contributed by atoms with Crippen LogP contribution in [0, 0.1) is 12.7 Å². The Morgan fingerprint density at radius 2 is 1.93 bits per heavy atom. The van der Waals surface area contributed by atoms with Gasteiger partial charge in [0.1, 0.15) is 4.34 Å². The highest BCUT2D eigenvalue weighted by molar-refractivity contribution is 8.00. The average Bonchev–Trinajstić information content (AvgIpc) is 3.11. The highest BCUT2D eigenvalue weighted by atomic mass is 32.2. The molecular formula is C21H21FN2O2S2. The Balaban J connectivity index is 1.59. The van der Waals surface area contributed by atoms with Crippen molar-refractivity contribution in [3.8, 4) is 5.75 Å². The van der Waals surface area contributed by atoms with E-state index in [4.69, 9.17) is 4.74 Å². The fourth-order valence-electron chi connectivity index (χ4n) is 2.66. The Morgan fingerprint density at radius 1 is 1.21 bits per heavy atom. The van der Waals surface area contributed by atoms with Crippen LogP contribution in [0.4, 0.5) is 4.39 Å². The number of carbonyl (C=O) groups excluding carboxylic acids is 1. The van der Waals surface area contributed by atoms with E-state index in [0.717, 1.165) is 21.3 Å². The first kappa shape index (κ1) is 20.4. The Hall–Kier alpha value is -2.38. The molecule has 3 aromatic rings. The molecule has 0 unspecified atom stereocenters. The smallest absolute Gasteiger partial charge is 0.253 e. The van der Waals surface area contributed by atoms with Crippen molar-refractivity contribution in [1.29, 1.82) is 0 Å². The van der Waals surface area contributed by atoms with Crippen molar-refractivity contribution in [3.63, 3.8) is 0 Å². The fourth-order valence-corrected chi connectivity index (χ4v) is 4.47. The van der Waals surface area contributed by atoms with Crippen LogP contribution in [0.15, 0.2) is 52.2 Å². The van der Waals surface area contributed by atoms with E-state index < -0.39 is 5.82 Å². The number of benzene rings is 2. The van der Waals surface area contributed by atoms with Crippen molar-refractivity contribution in [2.45, 2.75) is 23.6 Å². The molecule has 4 nitrogen and oxygen atoms in total. The maximum atomic E-state index is 13.8. The first-order valence-electron chi connectivity index (χ1n) is 8.68. The lowest BCUT2D eigenvalue weighted by Gasteiger charge is -2.18. The van der Waals surface area contributed by atoms with Crippen LogP contribution >= 0.6 is 23.1 Å². The zero-order chi connectivity index (χ0) is 20.1. The molecule has 0 spiro atoms. The van der Waals surface area contributed by atoms with Gasteiger partial charge < -0.3 is 9.64 Å². The molecule has 2 aromatic carbocycles. The van der Waals surface area contributed by atoms with Gasteiger partial charge in [0.2, 0.25) is 0 Å². The molecule has 146 valence electrons. The van der Waals surface area contributed by atoms with Gasteiger partial charge in [-0.3, -0.25) is 4.79 Å². The standard InChI is InChI=1S/C21H21FN2O2S2/c1-14-12-27-21(23-14)28-13-15-4-7-17(8-5-15)20(25)24(2)11-16-6-9-19(26-3)18(22)10-16/h4-10,12H,11,13H2,1-3H3. The minimum Gasteiger partial charge on any atom is -0.494 e. The van der Waals surface area contributed by atoms with Crippen LogP contribution in [0.3, 0.4) is 0 Å². The molecule has 28 heavy (non-hydrogen) atoms. The third-order valence-corrected chi connectivity index (χ3v) is 6.35. The lowest BCUT2D eigenvalue weighted by molar-refractivity contribution is 0.0785. The third-order valence-electron chi connectivity index (χ3n) is 4.14. The van der Waals surface area contributed by atoms with Gasteiger partial charge in [-0.1, -0.05) is 30.0 Å². The van der Waals surface area contributed by atoms with Crippen LogP contribution in [0.2, 0.25) is 0 Å². The minimum absolute atomic E-state index is 0.106. The van der Waals surface area contributed by atoms with Crippen LogP contribution < -0.4 is 4.74 Å². The molecule has 0 saturated carbocycles. The Kier molecular flexibility index (Phi) is 6.70. The highest BCUT2D eigenvalue weighted by Gasteiger charge is 2.13. The van der Waals surface area contributed by atoms with Gasteiger partial charge in [0.25, 0.3) is 5.91 Å². The van der Waals surface area contributed by atoms with E-state index in [1.807, 2.05) is 36.6 Å². The predicted octanol–water partition coefficient (Wildman–Crippen LogP) is 5.16. The molecule has 1 aromatic heterocycles. The van der Waals surface area contributed by atoms with Crippen LogP contribution in [0.25, 0.3) is 0 Å². The predicted molar refractivity (Wildman–Crippen MR) is 112 cm³/mol. The molecule has 0 atom stereocenters. The summed E-state index contributed by atoms with van der Waals surface area (Å²) in [7, 11) is 3.13. The molecule has 0 fully saturated rings. The number of hydrogen-bond acceptors (Lipinski definition) is 5. The summed E-state index contributed by atoms with van der Waals surface area (Å²) in [5.41, 5.74) is 3.48. The molecule has 0 bridgehead atoms. The topological polar surface area (TPSA) is 42.4 Å². The zero-order valence-corrected chi connectivity index (χ0v) is 17.6. The number of halogens is 1. The molecule has 0 N–H and O–H groups in total. The quantitative estimate of drug-likeness (QED) is 0.499. The van der Waals surface area contributed by atoms with Gasteiger partial charge in [0.15, 0.2) is 11.6 Å². The molecule has 0 aliphatic carbocycles. The van der Waals surface area contributed by atoms with Crippen molar-refractivity contribution >= 4 is 29.0 Å². The second-order valence-corrected chi connectivity index (χ2v) is 8.45. The number of hydrogen-bond donors (Lipinski definition) is 0. The summed E-state index contributed by atoms with van der Waals surface area (Å²) in [4.78, 5) is 18.7. The summed E-state index contributed by atoms with van der Waals surface area (Å²) >= 11 is 3.33. The molecular weight excluding hydrogens is 395 g/mol. The fraction of sp³-hybridized carbons (Fsp3) is 0.238. The number of aromatic nitrogens is 1. The first-order valence-corrected chi connectivity index (χ1v) is 10.5.